The zero-order chi connectivity index (χ0) is 53.7. The van der Waals surface area contributed by atoms with Crippen LogP contribution in [0.15, 0.2) is 90.9 Å². The molecule has 1 fully saturated rings. The summed E-state index contributed by atoms with van der Waals surface area (Å²) < 4.78 is 46.7. The van der Waals surface area contributed by atoms with Crippen molar-refractivity contribution in [3.63, 3.8) is 0 Å². The van der Waals surface area contributed by atoms with Gasteiger partial charge in [0.05, 0.1) is 35.3 Å². The smallest absolute Gasteiger partial charge is 0.306 e. The molecule has 1 aliphatic rings. The molecule has 0 unspecified atom stereocenters. The fourth-order valence-corrected chi connectivity index (χ4v) is 9.46. The van der Waals surface area contributed by atoms with Crippen LogP contribution < -0.4 is 0 Å². The molecule has 0 aliphatic heterocycles. The van der Waals surface area contributed by atoms with E-state index in [1.165, 1.54) is 0 Å². The molecule has 0 radical (unpaired) electrons. The first-order chi connectivity index (χ1) is 34.9. The number of hydrogen-bond donors (Lipinski definition) is 0. The second-order valence-corrected chi connectivity index (χ2v) is 25.0. The zero-order valence-electron chi connectivity index (χ0n) is 45.8. The van der Waals surface area contributed by atoms with Gasteiger partial charge in [0.2, 0.25) is 5.76 Å². The van der Waals surface area contributed by atoms with Crippen LogP contribution in [0, 0.1) is 14.4 Å². The lowest BCUT2D eigenvalue weighted by Crippen LogP contribution is -2.25. The minimum absolute atomic E-state index is 0.0810. The Balaban J connectivity index is 0.000000241. The predicted molar refractivity (Wildman–Crippen MR) is 292 cm³/mol. The minimum Gasteiger partial charge on any atom is -0.460 e. The number of esters is 2. The maximum absolute atomic E-state index is 12.9. The summed E-state index contributed by atoms with van der Waals surface area (Å²) in [5.74, 6) is 2.44. The van der Waals surface area contributed by atoms with Crippen molar-refractivity contribution in [1.29, 1.82) is 0 Å². The number of hydrogen-bond acceptors (Lipinski definition) is 14. The van der Waals surface area contributed by atoms with E-state index < -0.39 is 11.2 Å². The van der Waals surface area contributed by atoms with Crippen LogP contribution in [-0.4, -0.2) is 57.0 Å². The molecular weight excluding hydrogens is 1050 g/mol. The lowest BCUT2D eigenvalue weighted by atomic mass is 9.89. The maximum Gasteiger partial charge on any atom is 0.306 e. The van der Waals surface area contributed by atoms with Gasteiger partial charge < -0.3 is 37.0 Å². The summed E-state index contributed by atoms with van der Waals surface area (Å²) >= 11 is 2.22. The number of halogens is 1. The van der Waals surface area contributed by atoms with E-state index in [-0.39, 0.29) is 47.4 Å². The van der Waals surface area contributed by atoms with E-state index in [0.717, 1.165) is 88.1 Å². The highest BCUT2D eigenvalue weighted by atomic mass is 127. The van der Waals surface area contributed by atoms with E-state index in [2.05, 4.69) is 96.9 Å². The molecule has 14 nitrogen and oxygen atoms in total. The third kappa shape index (κ3) is 19.5. The van der Waals surface area contributed by atoms with E-state index in [1.807, 2.05) is 102 Å². The van der Waals surface area contributed by atoms with Crippen molar-refractivity contribution in [3.8, 4) is 22.9 Å². The summed E-state index contributed by atoms with van der Waals surface area (Å²) in [7, 11) is 0. The van der Waals surface area contributed by atoms with Crippen LogP contribution in [0.4, 0.5) is 0 Å². The molecule has 0 N–H and O–H groups in total. The van der Waals surface area contributed by atoms with Crippen LogP contribution >= 0.6 is 22.6 Å². The molecule has 0 saturated heterocycles. The predicted octanol–water partition coefficient (Wildman–Crippen LogP) is 14.9. The number of aromatic nitrogens is 4. The molecule has 2 aromatic carbocycles. The van der Waals surface area contributed by atoms with Gasteiger partial charge in [0, 0.05) is 55.6 Å². The number of carbonyl (C=O) groups excluding carboxylic acids is 2. The van der Waals surface area contributed by atoms with Gasteiger partial charge in [0.1, 0.15) is 28.4 Å². The summed E-state index contributed by atoms with van der Waals surface area (Å²) in [6.07, 6.45) is 7.19. The molecule has 15 heteroatoms. The van der Waals surface area contributed by atoms with Crippen molar-refractivity contribution in [3.05, 3.63) is 116 Å². The van der Waals surface area contributed by atoms with Crippen LogP contribution in [-0.2, 0) is 54.6 Å². The average molecular weight is 1130 g/mol. The summed E-state index contributed by atoms with van der Waals surface area (Å²) in [5.41, 5.74) is 5.29. The molecule has 0 bridgehead atoms. The number of ether oxygens (including phenoxy) is 4. The second-order valence-electron chi connectivity index (χ2n) is 24.0. The van der Waals surface area contributed by atoms with Crippen LogP contribution in [0.25, 0.3) is 22.9 Å². The van der Waals surface area contributed by atoms with Crippen molar-refractivity contribution in [2.75, 3.05) is 13.2 Å². The lowest BCUT2D eigenvalue weighted by Gasteiger charge is -2.22. The molecule has 1 aliphatic carbocycles. The Bertz CT molecular complexity index is 2660. The van der Waals surface area contributed by atoms with Gasteiger partial charge in [-0.15, -0.1) is 0 Å². The van der Waals surface area contributed by atoms with Crippen molar-refractivity contribution in [1.82, 2.24) is 20.6 Å². The highest BCUT2D eigenvalue weighted by Crippen LogP contribution is 2.49. The van der Waals surface area contributed by atoms with Crippen molar-refractivity contribution >= 4 is 34.5 Å². The third-order valence-corrected chi connectivity index (χ3v) is 12.8. The first-order valence-corrected chi connectivity index (χ1v) is 27.2. The van der Waals surface area contributed by atoms with E-state index >= 15 is 0 Å². The van der Waals surface area contributed by atoms with Crippen molar-refractivity contribution < 1.29 is 46.6 Å². The summed E-state index contributed by atoms with van der Waals surface area (Å²) in [6.45, 7) is 26.6. The first kappa shape index (κ1) is 58.1. The molecule has 4 aromatic heterocycles. The molecule has 402 valence electrons. The first-order valence-electron chi connectivity index (χ1n) is 26.1. The molecular formula is C59H79IN4O10. The third-order valence-electron chi connectivity index (χ3n) is 11.7. The van der Waals surface area contributed by atoms with Gasteiger partial charge in [0.25, 0.3) is 0 Å². The van der Waals surface area contributed by atoms with E-state index in [9.17, 15) is 9.59 Å². The van der Waals surface area contributed by atoms with Gasteiger partial charge in [0.15, 0.2) is 17.1 Å². The minimum atomic E-state index is -0.549. The zero-order valence-corrected chi connectivity index (χ0v) is 48.0. The Morgan fingerprint density at radius 3 is 1.43 bits per heavy atom. The Kier molecular flexibility index (Phi) is 20.5. The molecule has 6 aromatic rings. The second kappa shape index (κ2) is 26.1. The van der Waals surface area contributed by atoms with Crippen LogP contribution in [0.1, 0.15) is 192 Å². The van der Waals surface area contributed by atoms with E-state index in [0.29, 0.717) is 61.7 Å². The van der Waals surface area contributed by atoms with Gasteiger partial charge in [-0.2, -0.15) is 0 Å². The number of carbonyl (C=O) groups is 2. The number of nitrogens with zero attached hydrogens (tertiary/aromatic N) is 4. The van der Waals surface area contributed by atoms with Gasteiger partial charge in [-0.25, -0.2) is 0 Å². The van der Waals surface area contributed by atoms with Crippen molar-refractivity contribution in [2.24, 2.45) is 10.8 Å². The normalized spacial score (nSPS) is 14.1. The molecule has 0 spiro atoms. The maximum atomic E-state index is 12.9. The Hall–Kier alpha value is -5.13. The fraction of sp³-hybridized carbons (Fsp3) is 0.559. The summed E-state index contributed by atoms with van der Waals surface area (Å²) in [4.78, 5) is 25.6. The van der Waals surface area contributed by atoms with Gasteiger partial charge in [-0.05, 0) is 131 Å². The molecule has 2 atom stereocenters. The number of benzene rings is 2. The van der Waals surface area contributed by atoms with Crippen molar-refractivity contribution in [2.45, 2.75) is 189 Å². The monoisotopic (exact) mass is 1130 g/mol. The summed E-state index contributed by atoms with van der Waals surface area (Å²) in [6, 6.07) is 24.1. The Morgan fingerprint density at radius 1 is 0.581 bits per heavy atom. The lowest BCUT2D eigenvalue weighted by molar-refractivity contribution is -0.156. The van der Waals surface area contributed by atoms with Gasteiger partial charge >= 0.3 is 11.9 Å². The standard InChI is InChI=1S/C31H42N2O5.C28H37IN2O5/c1-30(2,3)19-24-18-25(32-37-24)29-27(22-14-15-22)28(33-38-29)23(17-26(34)36-31(4,5)6)13-10-16-35-20-21-11-8-7-9-12-21;1-27(2,3)17-21-16-22(30-35-21)26-24(29)25(31-36-26)20(15-23(32)34-28(4,5)6)13-10-14-33-18-19-11-8-7-9-12-19/h7-9,11-12,18,22-23H,10,13-17,19-20H2,1-6H3;7-9,11-12,16,20H,10,13-15,17-18H2,1-6H3/t23-;20-/m00/s1. The van der Waals surface area contributed by atoms with Crippen LogP contribution in [0.5, 0.6) is 0 Å². The fourth-order valence-electron chi connectivity index (χ4n) is 8.54. The topological polar surface area (TPSA) is 175 Å². The highest BCUT2D eigenvalue weighted by molar-refractivity contribution is 14.1. The van der Waals surface area contributed by atoms with E-state index in [4.69, 9.17) is 37.0 Å². The van der Waals surface area contributed by atoms with Crippen LogP contribution in [0.3, 0.4) is 0 Å². The molecule has 7 rings (SSSR count). The molecule has 4 heterocycles. The summed E-state index contributed by atoms with van der Waals surface area (Å²) in [5, 5.41) is 17.4. The average Bonchev–Trinajstić information content (AvgIpc) is 3.58. The Labute approximate surface area is 451 Å². The van der Waals surface area contributed by atoms with Crippen LogP contribution in [0.2, 0.25) is 0 Å². The molecule has 1 saturated carbocycles. The number of rotatable bonds is 23. The van der Waals surface area contributed by atoms with Gasteiger partial charge in [-0.3, -0.25) is 9.59 Å². The van der Waals surface area contributed by atoms with E-state index in [1.54, 1.807) is 0 Å². The molecule has 0 amide bonds. The quantitative estimate of drug-likeness (QED) is 0.0336. The molecule has 74 heavy (non-hydrogen) atoms. The van der Waals surface area contributed by atoms with Gasteiger partial charge in [-0.1, -0.05) is 123 Å². The highest BCUT2D eigenvalue weighted by Gasteiger charge is 2.38. The SMILES string of the molecule is CC(C)(C)Cc1cc(-c2onc([C@@H](CCCOCc3ccccc3)CC(=O)OC(C)(C)C)c2C2CC2)no1.CC(C)(C)Cc1cc(-c2onc([C@@H](CCCOCc3ccccc3)CC(=O)OC(C)(C)C)c2I)no1. The largest absolute Gasteiger partial charge is 0.460 e. The Morgan fingerprint density at radius 2 is 1.00 bits per heavy atom.